The molecule has 0 spiro atoms. The molecule has 21 heavy (non-hydrogen) atoms. The van der Waals surface area contributed by atoms with Crippen LogP contribution in [0.4, 0.5) is 4.39 Å². The van der Waals surface area contributed by atoms with Gasteiger partial charge in [-0.05, 0) is 58.1 Å². The van der Waals surface area contributed by atoms with E-state index >= 15 is 0 Å². The van der Waals surface area contributed by atoms with E-state index < -0.39 is 0 Å². The Balaban J connectivity index is 1.81. The molecule has 1 aliphatic heterocycles. The summed E-state index contributed by atoms with van der Waals surface area (Å²) in [7, 11) is 0. The number of ketones is 1. The third-order valence-corrected chi connectivity index (χ3v) is 4.36. The van der Waals surface area contributed by atoms with E-state index in [1.165, 1.54) is 12.1 Å². The second-order valence-corrected chi connectivity index (χ2v) is 5.98. The van der Waals surface area contributed by atoms with E-state index in [-0.39, 0.29) is 17.5 Å². The lowest BCUT2D eigenvalue weighted by atomic mass is 9.87. The first kappa shape index (κ1) is 14.3. The monoisotopic (exact) mass is 348 g/mol. The predicted octanol–water partition coefficient (Wildman–Crippen LogP) is 4.73. The Morgan fingerprint density at radius 3 is 2.90 bits per heavy atom. The van der Waals surface area contributed by atoms with Gasteiger partial charge in [-0.2, -0.15) is 0 Å². The average Bonchev–Trinajstić information content (AvgIpc) is 2.50. The second kappa shape index (κ2) is 5.98. The van der Waals surface area contributed by atoms with Crippen LogP contribution in [-0.2, 0) is 0 Å². The SMILES string of the molecule is O=C(CC1CCOc2ccccc21)c1ccc(F)c(Br)c1. The molecule has 4 heteroatoms. The van der Waals surface area contributed by atoms with Gasteiger partial charge in [-0.3, -0.25) is 4.79 Å². The molecule has 0 bridgehead atoms. The van der Waals surface area contributed by atoms with Gasteiger partial charge >= 0.3 is 0 Å². The lowest BCUT2D eigenvalue weighted by Gasteiger charge is -2.25. The molecule has 0 amide bonds. The van der Waals surface area contributed by atoms with Gasteiger partial charge < -0.3 is 4.74 Å². The highest BCUT2D eigenvalue weighted by molar-refractivity contribution is 9.10. The Kier molecular flexibility index (Phi) is 4.06. The molecule has 0 N–H and O–H groups in total. The molecule has 0 radical (unpaired) electrons. The van der Waals surface area contributed by atoms with Crippen molar-refractivity contribution in [3.63, 3.8) is 0 Å². The molecule has 0 aliphatic carbocycles. The number of rotatable bonds is 3. The van der Waals surface area contributed by atoms with Gasteiger partial charge in [0.1, 0.15) is 11.6 Å². The van der Waals surface area contributed by atoms with Gasteiger partial charge in [0.05, 0.1) is 11.1 Å². The van der Waals surface area contributed by atoms with Crippen LogP contribution >= 0.6 is 15.9 Å². The summed E-state index contributed by atoms with van der Waals surface area (Å²) >= 11 is 3.12. The van der Waals surface area contributed by atoms with Crippen LogP contribution in [0.15, 0.2) is 46.9 Å². The summed E-state index contributed by atoms with van der Waals surface area (Å²) in [5.41, 5.74) is 1.62. The van der Waals surface area contributed by atoms with Gasteiger partial charge in [0.25, 0.3) is 0 Å². The minimum Gasteiger partial charge on any atom is -0.493 e. The summed E-state index contributed by atoms with van der Waals surface area (Å²) in [5, 5.41) is 0. The quantitative estimate of drug-likeness (QED) is 0.749. The molecule has 2 aromatic carbocycles. The molecule has 1 aliphatic rings. The molecule has 2 nitrogen and oxygen atoms in total. The number of ether oxygens (including phenoxy) is 1. The zero-order valence-corrected chi connectivity index (χ0v) is 12.9. The molecule has 0 fully saturated rings. The van der Waals surface area contributed by atoms with Crippen molar-refractivity contribution in [1.82, 2.24) is 0 Å². The highest BCUT2D eigenvalue weighted by Gasteiger charge is 2.24. The van der Waals surface area contributed by atoms with Crippen molar-refractivity contribution in [1.29, 1.82) is 0 Å². The van der Waals surface area contributed by atoms with Gasteiger partial charge in [0.15, 0.2) is 5.78 Å². The summed E-state index contributed by atoms with van der Waals surface area (Å²) in [6, 6.07) is 12.2. The van der Waals surface area contributed by atoms with E-state index in [1.807, 2.05) is 24.3 Å². The maximum Gasteiger partial charge on any atom is 0.163 e. The zero-order valence-electron chi connectivity index (χ0n) is 11.3. The maximum atomic E-state index is 13.2. The highest BCUT2D eigenvalue weighted by atomic mass is 79.9. The van der Waals surface area contributed by atoms with E-state index in [4.69, 9.17) is 4.74 Å². The molecule has 1 unspecified atom stereocenters. The van der Waals surface area contributed by atoms with Gasteiger partial charge in [-0.15, -0.1) is 0 Å². The molecule has 3 rings (SSSR count). The molecular formula is C17H14BrFO2. The molecule has 0 saturated heterocycles. The number of Topliss-reactive ketones (excluding diaryl/α,β-unsaturated/α-hetero) is 1. The Morgan fingerprint density at radius 1 is 1.29 bits per heavy atom. The van der Waals surface area contributed by atoms with Crippen LogP contribution in [0.5, 0.6) is 5.75 Å². The second-order valence-electron chi connectivity index (χ2n) is 5.13. The summed E-state index contributed by atoms with van der Waals surface area (Å²) in [5.74, 6) is 0.688. The Hall–Kier alpha value is -1.68. The highest BCUT2D eigenvalue weighted by Crippen LogP contribution is 2.36. The maximum absolute atomic E-state index is 13.2. The van der Waals surface area contributed by atoms with E-state index in [0.29, 0.717) is 23.1 Å². The first-order valence-corrected chi connectivity index (χ1v) is 7.64. The molecule has 2 aromatic rings. The summed E-state index contributed by atoms with van der Waals surface area (Å²) in [6.07, 6.45) is 1.24. The molecular weight excluding hydrogens is 335 g/mol. The number of carbonyl (C=O) groups is 1. The minimum atomic E-state index is -0.358. The van der Waals surface area contributed by atoms with E-state index in [2.05, 4.69) is 15.9 Å². The van der Waals surface area contributed by atoms with Crippen molar-refractivity contribution in [2.45, 2.75) is 18.8 Å². The van der Waals surface area contributed by atoms with Crippen molar-refractivity contribution in [2.24, 2.45) is 0 Å². The lowest BCUT2D eigenvalue weighted by molar-refractivity contribution is 0.0965. The van der Waals surface area contributed by atoms with Crippen LogP contribution in [0.2, 0.25) is 0 Å². The third kappa shape index (κ3) is 3.00. The smallest absolute Gasteiger partial charge is 0.163 e. The van der Waals surface area contributed by atoms with Crippen molar-refractivity contribution in [3.05, 3.63) is 63.9 Å². The van der Waals surface area contributed by atoms with Crippen LogP contribution in [0, 0.1) is 5.82 Å². The Labute approximate surface area is 131 Å². The molecule has 0 aromatic heterocycles. The number of carbonyl (C=O) groups excluding carboxylic acids is 1. The minimum absolute atomic E-state index is 0.0254. The third-order valence-electron chi connectivity index (χ3n) is 3.76. The van der Waals surface area contributed by atoms with Crippen LogP contribution in [0.1, 0.15) is 34.7 Å². The number of halogens is 2. The standard InChI is InChI=1S/C17H14BrFO2/c18-14-9-12(5-6-15(14)19)16(20)10-11-7-8-21-17-4-2-1-3-13(11)17/h1-6,9,11H,7-8,10H2. The first-order chi connectivity index (χ1) is 10.1. The molecule has 0 saturated carbocycles. The fraction of sp³-hybridized carbons (Fsp3) is 0.235. The largest absolute Gasteiger partial charge is 0.493 e. The van der Waals surface area contributed by atoms with Crippen LogP contribution in [-0.4, -0.2) is 12.4 Å². The fourth-order valence-corrected chi connectivity index (χ4v) is 3.02. The van der Waals surface area contributed by atoms with Gasteiger partial charge in [-0.25, -0.2) is 4.39 Å². The normalized spacial score (nSPS) is 17.0. The van der Waals surface area contributed by atoms with Crippen LogP contribution < -0.4 is 4.74 Å². The molecule has 108 valence electrons. The van der Waals surface area contributed by atoms with Crippen molar-refractivity contribution < 1.29 is 13.9 Å². The number of fused-ring (bicyclic) bond motifs is 1. The van der Waals surface area contributed by atoms with Crippen LogP contribution in [0.25, 0.3) is 0 Å². The van der Waals surface area contributed by atoms with Crippen LogP contribution in [0.3, 0.4) is 0 Å². The average molecular weight is 349 g/mol. The van der Waals surface area contributed by atoms with Gasteiger partial charge in [0.2, 0.25) is 0 Å². The molecule has 1 atom stereocenters. The number of para-hydroxylation sites is 1. The number of hydrogen-bond donors (Lipinski definition) is 0. The Morgan fingerprint density at radius 2 is 2.10 bits per heavy atom. The number of benzene rings is 2. The van der Waals surface area contributed by atoms with Crippen molar-refractivity contribution in [2.75, 3.05) is 6.61 Å². The van der Waals surface area contributed by atoms with E-state index in [1.54, 1.807) is 6.07 Å². The zero-order chi connectivity index (χ0) is 14.8. The summed E-state index contributed by atoms with van der Waals surface area (Å²) < 4.78 is 19.2. The number of hydrogen-bond acceptors (Lipinski definition) is 2. The molecule has 1 heterocycles. The summed E-state index contributed by atoms with van der Waals surface area (Å²) in [6.45, 7) is 0.627. The van der Waals surface area contributed by atoms with E-state index in [9.17, 15) is 9.18 Å². The first-order valence-electron chi connectivity index (χ1n) is 6.85. The fourth-order valence-electron chi connectivity index (χ4n) is 2.64. The van der Waals surface area contributed by atoms with Gasteiger partial charge in [-0.1, -0.05) is 18.2 Å². The topological polar surface area (TPSA) is 26.3 Å². The van der Waals surface area contributed by atoms with Crippen molar-refractivity contribution >= 4 is 21.7 Å². The lowest BCUT2D eigenvalue weighted by Crippen LogP contribution is -2.17. The predicted molar refractivity (Wildman–Crippen MR) is 82.3 cm³/mol. The Bertz CT molecular complexity index is 684. The summed E-state index contributed by atoms with van der Waals surface area (Å²) in [4.78, 5) is 12.4. The van der Waals surface area contributed by atoms with Gasteiger partial charge in [0, 0.05) is 12.0 Å². The van der Waals surface area contributed by atoms with Crippen molar-refractivity contribution in [3.8, 4) is 5.75 Å². The van der Waals surface area contributed by atoms with E-state index in [0.717, 1.165) is 17.7 Å².